The molecule has 6 nitrogen and oxygen atoms in total. The highest BCUT2D eigenvalue weighted by Gasteiger charge is 2.22. The van der Waals surface area contributed by atoms with Crippen molar-refractivity contribution in [2.24, 2.45) is 0 Å². The number of furan rings is 3. The third kappa shape index (κ3) is 4.26. The fraction of sp³-hybridized carbons (Fsp3) is 0. The molecule has 11 aromatic rings. The molecular formula is C45H25N3O3. The van der Waals surface area contributed by atoms with E-state index in [9.17, 15) is 0 Å². The van der Waals surface area contributed by atoms with Crippen molar-refractivity contribution < 1.29 is 13.3 Å². The van der Waals surface area contributed by atoms with Crippen LogP contribution in [0.15, 0.2) is 165 Å². The monoisotopic (exact) mass is 655 g/mol. The van der Waals surface area contributed by atoms with Gasteiger partial charge in [-0.25, -0.2) is 15.0 Å². The average molecular weight is 656 g/mol. The summed E-state index contributed by atoms with van der Waals surface area (Å²) >= 11 is 0. The SMILES string of the molecule is c1ccc(-c2nc(-c3ccc(-c4ccc5c(c4)oc4ccccc45)c4c3oc3ccccc34)nc(-c3cccc4oc5ccccc5c34)n2)cc1. The summed E-state index contributed by atoms with van der Waals surface area (Å²) in [5.74, 6) is 1.65. The maximum absolute atomic E-state index is 6.70. The van der Waals surface area contributed by atoms with Crippen molar-refractivity contribution in [2.75, 3.05) is 0 Å². The standard InChI is InChI=1S/C45H25N3O3/c1-2-11-26(12-3-1)43-46-44(33-16-10-20-38-40(33)31-14-5-8-18-36(31)49-38)48-45(47-43)34-24-23-28(41-32-15-6-9-19-37(32)51-42(34)41)27-21-22-30-29-13-4-7-17-35(29)50-39(30)25-27/h1-25H. The Hall–Kier alpha value is -7.05. The molecule has 0 spiro atoms. The summed E-state index contributed by atoms with van der Waals surface area (Å²) in [6, 6.07) is 51.0. The summed E-state index contributed by atoms with van der Waals surface area (Å²) in [4.78, 5) is 15.3. The summed E-state index contributed by atoms with van der Waals surface area (Å²) in [7, 11) is 0. The van der Waals surface area contributed by atoms with E-state index in [0.717, 1.165) is 88.0 Å². The number of hydrogen-bond acceptors (Lipinski definition) is 6. The van der Waals surface area contributed by atoms with E-state index in [-0.39, 0.29) is 0 Å². The van der Waals surface area contributed by atoms with Crippen LogP contribution in [0.1, 0.15) is 0 Å². The van der Waals surface area contributed by atoms with Gasteiger partial charge in [0, 0.05) is 43.4 Å². The van der Waals surface area contributed by atoms with Crippen LogP contribution >= 0.6 is 0 Å². The summed E-state index contributed by atoms with van der Waals surface area (Å²) < 4.78 is 19.2. The largest absolute Gasteiger partial charge is 0.456 e. The molecule has 7 aromatic carbocycles. The molecule has 51 heavy (non-hydrogen) atoms. The lowest BCUT2D eigenvalue weighted by Crippen LogP contribution is -2.00. The fourth-order valence-electron chi connectivity index (χ4n) is 7.43. The number of fused-ring (bicyclic) bond motifs is 9. The normalized spacial score (nSPS) is 11.9. The minimum Gasteiger partial charge on any atom is -0.456 e. The van der Waals surface area contributed by atoms with Crippen molar-refractivity contribution in [3.05, 3.63) is 152 Å². The number of rotatable bonds is 4. The van der Waals surface area contributed by atoms with Gasteiger partial charge in [-0.15, -0.1) is 0 Å². The molecule has 0 aliphatic carbocycles. The minimum absolute atomic E-state index is 0.520. The second-order valence-corrected chi connectivity index (χ2v) is 12.7. The molecule has 4 heterocycles. The molecule has 0 unspecified atom stereocenters. The van der Waals surface area contributed by atoms with Crippen molar-refractivity contribution in [1.82, 2.24) is 15.0 Å². The molecule has 0 aliphatic rings. The highest BCUT2D eigenvalue weighted by Crippen LogP contribution is 2.43. The van der Waals surface area contributed by atoms with Gasteiger partial charge < -0.3 is 13.3 Å². The average Bonchev–Trinajstić information content (AvgIpc) is 3.89. The van der Waals surface area contributed by atoms with Crippen LogP contribution in [-0.4, -0.2) is 15.0 Å². The summed E-state index contributed by atoms with van der Waals surface area (Å²) in [6.45, 7) is 0. The Morgan fingerprint density at radius 1 is 0.314 bits per heavy atom. The fourth-order valence-corrected chi connectivity index (χ4v) is 7.43. The van der Waals surface area contributed by atoms with E-state index in [0.29, 0.717) is 23.1 Å². The molecule has 238 valence electrons. The number of para-hydroxylation sites is 3. The van der Waals surface area contributed by atoms with Crippen LogP contribution < -0.4 is 0 Å². The first-order valence-electron chi connectivity index (χ1n) is 16.9. The Balaban J connectivity index is 1.17. The van der Waals surface area contributed by atoms with Gasteiger partial charge in [-0.1, -0.05) is 109 Å². The zero-order valence-corrected chi connectivity index (χ0v) is 27.0. The predicted molar refractivity (Wildman–Crippen MR) is 203 cm³/mol. The third-order valence-electron chi connectivity index (χ3n) is 9.77. The first-order valence-corrected chi connectivity index (χ1v) is 16.9. The lowest BCUT2D eigenvalue weighted by Gasteiger charge is -2.11. The number of nitrogens with zero attached hydrogens (tertiary/aromatic N) is 3. The van der Waals surface area contributed by atoms with Gasteiger partial charge in [-0.2, -0.15) is 0 Å². The molecule has 0 N–H and O–H groups in total. The van der Waals surface area contributed by atoms with E-state index in [1.807, 2.05) is 103 Å². The Morgan fingerprint density at radius 2 is 0.882 bits per heavy atom. The number of benzene rings is 7. The summed E-state index contributed by atoms with van der Waals surface area (Å²) in [6.07, 6.45) is 0. The van der Waals surface area contributed by atoms with Gasteiger partial charge in [0.1, 0.15) is 33.5 Å². The molecule has 0 bridgehead atoms. The van der Waals surface area contributed by atoms with Gasteiger partial charge in [0.05, 0.1) is 5.56 Å². The van der Waals surface area contributed by atoms with Crippen LogP contribution in [0.25, 0.3) is 111 Å². The van der Waals surface area contributed by atoms with Gasteiger partial charge in [0.25, 0.3) is 0 Å². The highest BCUT2D eigenvalue weighted by molar-refractivity contribution is 6.17. The Labute approximate surface area is 290 Å². The Bertz CT molecular complexity index is 3150. The quantitative estimate of drug-likeness (QED) is 0.188. The summed E-state index contributed by atoms with van der Waals surface area (Å²) in [5.41, 5.74) is 9.42. The smallest absolute Gasteiger partial charge is 0.167 e. The highest BCUT2D eigenvalue weighted by atomic mass is 16.3. The molecule has 0 fully saturated rings. The van der Waals surface area contributed by atoms with Gasteiger partial charge in [-0.05, 0) is 53.6 Å². The van der Waals surface area contributed by atoms with E-state index in [1.54, 1.807) is 0 Å². The lowest BCUT2D eigenvalue weighted by molar-refractivity contribution is 0.668. The van der Waals surface area contributed by atoms with E-state index in [2.05, 4.69) is 48.5 Å². The van der Waals surface area contributed by atoms with Crippen LogP contribution in [0, 0.1) is 0 Å². The molecule has 0 saturated carbocycles. The second-order valence-electron chi connectivity index (χ2n) is 12.7. The van der Waals surface area contributed by atoms with Crippen LogP contribution in [0.4, 0.5) is 0 Å². The second kappa shape index (κ2) is 10.7. The molecule has 0 aliphatic heterocycles. The topological polar surface area (TPSA) is 78.1 Å². The third-order valence-corrected chi connectivity index (χ3v) is 9.77. The van der Waals surface area contributed by atoms with Crippen LogP contribution in [0.5, 0.6) is 0 Å². The first-order chi connectivity index (χ1) is 25.3. The maximum atomic E-state index is 6.70. The minimum atomic E-state index is 0.520. The zero-order valence-electron chi connectivity index (χ0n) is 27.0. The lowest BCUT2D eigenvalue weighted by atomic mass is 9.96. The predicted octanol–water partition coefficient (Wildman–Crippen LogP) is 12.2. The molecule has 0 atom stereocenters. The van der Waals surface area contributed by atoms with Gasteiger partial charge >= 0.3 is 0 Å². The molecule has 0 radical (unpaired) electrons. The van der Waals surface area contributed by atoms with Crippen LogP contribution in [-0.2, 0) is 0 Å². The van der Waals surface area contributed by atoms with Crippen molar-refractivity contribution in [1.29, 1.82) is 0 Å². The van der Waals surface area contributed by atoms with Crippen molar-refractivity contribution >= 4 is 65.8 Å². The van der Waals surface area contributed by atoms with Crippen molar-refractivity contribution in [3.8, 4) is 45.3 Å². The molecule has 11 rings (SSSR count). The number of hydrogen-bond donors (Lipinski definition) is 0. The van der Waals surface area contributed by atoms with Gasteiger partial charge in [0.2, 0.25) is 0 Å². The zero-order chi connectivity index (χ0) is 33.5. The Kier molecular flexibility index (Phi) is 5.86. The Morgan fingerprint density at radius 3 is 1.69 bits per heavy atom. The molecule has 6 heteroatoms. The van der Waals surface area contributed by atoms with Crippen LogP contribution in [0.3, 0.4) is 0 Å². The van der Waals surface area contributed by atoms with Gasteiger partial charge in [0.15, 0.2) is 17.5 Å². The molecular weight excluding hydrogens is 631 g/mol. The molecule has 0 saturated heterocycles. The van der Waals surface area contributed by atoms with Crippen molar-refractivity contribution in [2.45, 2.75) is 0 Å². The first kappa shape index (κ1) is 27.9. The maximum Gasteiger partial charge on any atom is 0.167 e. The number of aromatic nitrogens is 3. The van der Waals surface area contributed by atoms with E-state index >= 15 is 0 Å². The van der Waals surface area contributed by atoms with Crippen LogP contribution in [0.2, 0.25) is 0 Å². The van der Waals surface area contributed by atoms with E-state index in [4.69, 9.17) is 28.2 Å². The van der Waals surface area contributed by atoms with E-state index in [1.165, 1.54) is 0 Å². The van der Waals surface area contributed by atoms with Gasteiger partial charge in [-0.3, -0.25) is 0 Å². The van der Waals surface area contributed by atoms with E-state index < -0.39 is 0 Å². The van der Waals surface area contributed by atoms with Crippen molar-refractivity contribution in [3.63, 3.8) is 0 Å². The molecule has 0 amide bonds. The molecule has 4 aromatic heterocycles. The summed E-state index contributed by atoms with van der Waals surface area (Å²) in [5, 5.41) is 6.18.